The van der Waals surface area contributed by atoms with Crippen molar-refractivity contribution in [3.05, 3.63) is 23.6 Å². The molecular formula is C19H26FN3O2. The molecule has 136 valence electrons. The Bertz CT molecular complexity index is 749. The van der Waals surface area contributed by atoms with Crippen LogP contribution in [0.5, 0.6) is 5.75 Å². The third kappa shape index (κ3) is 3.25. The Morgan fingerprint density at radius 2 is 2.16 bits per heavy atom. The number of methoxy groups -OCH3 is 1. The van der Waals surface area contributed by atoms with Gasteiger partial charge in [-0.25, -0.2) is 9.07 Å². The van der Waals surface area contributed by atoms with E-state index in [1.54, 1.807) is 6.07 Å². The van der Waals surface area contributed by atoms with Gasteiger partial charge in [-0.15, -0.1) is 0 Å². The van der Waals surface area contributed by atoms with Gasteiger partial charge in [0.15, 0.2) is 17.8 Å². The van der Waals surface area contributed by atoms with Crippen molar-refractivity contribution in [1.29, 1.82) is 0 Å². The summed E-state index contributed by atoms with van der Waals surface area (Å²) in [5.41, 5.74) is 1.80. The highest BCUT2D eigenvalue weighted by Crippen LogP contribution is 2.32. The van der Waals surface area contributed by atoms with Gasteiger partial charge in [-0.05, 0) is 31.2 Å². The smallest absolute Gasteiger partial charge is 0.167 e. The number of ether oxygens (including phenoxy) is 2. The zero-order chi connectivity index (χ0) is 17.4. The lowest BCUT2D eigenvalue weighted by Gasteiger charge is -2.36. The van der Waals surface area contributed by atoms with Crippen LogP contribution in [0, 0.1) is 11.7 Å². The summed E-state index contributed by atoms with van der Waals surface area (Å²) in [7, 11) is 1.50. The summed E-state index contributed by atoms with van der Waals surface area (Å²) in [6, 6.07) is 3.32. The van der Waals surface area contributed by atoms with Crippen LogP contribution >= 0.6 is 0 Å². The van der Waals surface area contributed by atoms with Gasteiger partial charge in [-0.3, -0.25) is 0 Å². The van der Waals surface area contributed by atoms with Crippen LogP contribution < -0.4 is 4.74 Å². The zero-order valence-electron chi connectivity index (χ0n) is 15.0. The fourth-order valence-electron chi connectivity index (χ4n) is 3.95. The lowest BCUT2D eigenvalue weighted by Crippen LogP contribution is -2.45. The molecule has 3 heterocycles. The van der Waals surface area contributed by atoms with E-state index < -0.39 is 0 Å². The van der Waals surface area contributed by atoms with Crippen LogP contribution in [0.3, 0.4) is 0 Å². The Morgan fingerprint density at radius 3 is 2.84 bits per heavy atom. The first kappa shape index (κ1) is 16.8. The number of halogens is 1. The fourth-order valence-corrected chi connectivity index (χ4v) is 3.95. The molecule has 2 aromatic rings. The molecule has 6 heteroatoms. The first-order valence-electron chi connectivity index (χ1n) is 9.24. The molecule has 0 radical (unpaired) electrons. The second kappa shape index (κ2) is 6.92. The van der Waals surface area contributed by atoms with E-state index >= 15 is 0 Å². The summed E-state index contributed by atoms with van der Waals surface area (Å²) in [5.74, 6) is 0.713. The van der Waals surface area contributed by atoms with Crippen molar-refractivity contribution in [2.45, 2.75) is 38.8 Å². The molecular weight excluding hydrogens is 321 g/mol. The van der Waals surface area contributed by atoms with Crippen molar-refractivity contribution in [2.24, 2.45) is 5.92 Å². The average molecular weight is 347 g/mol. The molecule has 5 nitrogen and oxygen atoms in total. The van der Waals surface area contributed by atoms with Crippen molar-refractivity contribution in [1.82, 2.24) is 14.7 Å². The van der Waals surface area contributed by atoms with Crippen LogP contribution in [-0.2, 0) is 11.2 Å². The number of aromatic nitrogens is 2. The van der Waals surface area contributed by atoms with Crippen LogP contribution in [0.1, 0.15) is 38.1 Å². The summed E-state index contributed by atoms with van der Waals surface area (Å²) in [5, 5.41) is 5.79. The highest BCUT2D eigenvalue weighted by atomic mass is 19.1. The predicted molar refractivity (Wildman–Crippen MR) is 94.4 cm³/mol. The van der Waals surface area contributed by atoms with E-state index in [4.69, 9.17) is 14.6 Å². The van der Waals surface area contributed by atoms with E-state index in [9.17, 15) is 4.39 Å². The number of benzene rings is 1. The standard InChI is InChI=1S/C19H26FN3O2/c1-13-11-22(12-13)7-6-16-14-9-18(24-2)15(20)10-17(14)23(21-16)19-5-3-4-8-25-19/h9-10,13,19H,3-8,11-12H2,1-2H3. The zero-order valence-corrected chi connectivity index (χ0v) is 15.0. The van der Waals surface area contributed by atoms with Crippen molar-refractivity contribution >= 4 is 10.9 Å². The molecule has 1 atom stereocenters. The fraction of sp³-hybridized carbons (Fsp3) is 0.632. The molecule has 0 N–H and O–H groups in total. The van der Waals surface area contributed by atoms with E-state index in [1.807, 2.05) is 4.68 Å². The summed E-state index contributed by atoms with van der Waals surface area (Å²) >= 11 is 0. The quantitative estimate of drug-likeness (QED) is 0.831. The van der Waals surface area contributed by atoms with Crippen LogP contribution in [0.4, 0.5) is 4.39 Å². The molecule has 1 aromatic heterocycles. The van der Waals surface area contributed by atoms with Gasteiger partial charge in [0, 0.05) is 44.1 Å². The molecule has 0 bridgehead atoms. The van der Waals surface area contributed by atoms with E-state index in [-0.39, 0.29) is 17.8 Å². The highest BCUT2D eigenvalue weighted by Gasteiger charge is 2.25. The lowest BCUT2D eigenvalue weighted by atomic mass is 10.0. The van der Waals surface area contributed by atoms with Gasteiger partial charge in [0.2, 0.25) is 0 Å². The second-order valence-electron chi connectivity index (χ2n) is 7.33. The highest BCUT2D eigenvalue weighted by molar-refractivity contribution is 5.84. The van der Waals surface area contributed by atoms with E-state index in [1.165, 1.54) is 13.2 Å². The molecule has 2 saturated heterocycles. The third-order valence-corrected chi connectivity index (χ3v) is 5.29. The van der Waals surface area contributed by atoms with Crippen LogP contribution in [0.2, 0.25) is 0 Å². The summed E-state index contributed by atoms with van der Waals surface area (Å²) in [6.45, 7) is 6.31. The monoisotopic (exact) mass is 347 g/mol. The molecule has 0 spiro atoms. The minimum atomic E-state index is -0.352. The Labute approximate surface area is 147 Å². The first-order chi connectivity index (χ1) is 12.2. The molecule has 4 rings (SSSR count). The lowest BCUT2D eigenvalue weighted by molar-refractivity contribution is -0.0369. The topological polar surface area (TPSA) is 39.5 Å². The Kier molecular flexibility index (Phi) is 4.65. The molecule has 0 amide bonds. The summed E-state index contributed by atoms with van der Waals surface area (Å²) < 4.78 is 27.2. The molecule has 2 aliphatic rings. The summed E-state index contributed by atoms with van der Waals surface area (Å²) in [4.78, 5) is 2.44. The molecule has 0 aliphatic carbocycles. The van der Waals surface area contributed by atoms with Crippen molar-refractivity contribution in [3.63, 3.8) is 0 Å². The Balaban J connectivity index is 1.67. The number of fused-ring (bicyclic) bond motifs is 1. The number of nitrogens with zero attached hydrogens (tertiary/aromatic N) is 3. The van der Waals surface area contributed by atoms with E-state index in [2.05, 4.69) is 11.8 Å². The van der Waals surface area contributed by atoms with Gasteiger partial charge < -0.3 is 14.4 Å². The number of rotatable bonds is 5. The van der Waals surface area contributed by atoms with E-state index in [0.29, 0.717) is 0 Å². The van der Waals surface area contributed by atoms with Gasteiger partial charge in [0.05, 0.1) is 18.3 Å². The first-order valence-corrected chi connectivity index (χ1v) is 9.24. The molecule has 2 fully saturated rings. The number of likely N-dealkylation sites (tertiary alicyclic amines) is 1. The van der Waals surface area contributed by atoms with Crippen LogP contribution in [0.15, 0.2) is 12.1 Å². The summed E-state index contributed by atoms with van der Waals surface area (Å²) in [6.07, 6.45) is 3.89. The van der Waals surface area contributed by atoms with Crippen molar-refractivity contribution in [2.75, 3.05) is 33.4 Å². The molecule has 1 aromatic carbocycles. The van der Waals surface area contributed by atoms with E-state index in [0.717, 1.165) is 74.4 Å². The third-order valence-electron chi connectivity index (χ3n) is 5.29. The SMILES string of the molecule is COc1cc2c(CCN3CC(C)C3)nn(C3CCCCO3)c2cc1F. The maximum Gasteiger partial charge on any atom is 0.167 e. The maximum atomic E-state index is 14.3. The maximum absolute atomic E-state index is 14.3. The molecule has 25 heavy (non-hydrogen) atoms. The van der Waals surface area contributed by atoms with Gasteiger partial charge in [0.1, 0.15) is 0 Å². The van der Waals surface area contributed by atoms with Gasteiger partial charge in [0.25, 0.3) is 0 Å². The van der Waals surface area contributed by atoms with Gasteiger partial charge in [-0.2, -0.15) is 5.10 Å². The normalized spacial score (nSPS) is 22.3. The minimum Gasteiger partial charge on any atom is -0.494 e. The molecule has 2 aliphatic heterocycles. The van der Waals surface area contributed by atoms with Crippen LogP contribution in [0.25, 0.3) is 10.9 Å². The largest absolute Gasteiger partial charge is 0.494 e. The minimum absolute atomic E-state index is 0.0955. The average Bonchev–Trinajstić information content (AvgIpc) is 2.95. The van der Waals surface area contributed by atoms with Gasteiger partial charge in [-0.1, -0.05) is 6.92 Å². The van der Waals surface area contributed by atoms with Crippen molar-refractivity contribution in [3.8, 4) is 5.75 Å². The van der Waals surface area contributed by atoms with Crippen LogP contribution in [-0.4, -0.2) is 48.0 Å². The second-order valence-corrected chi connectivity index (χ2v) is 7.33. The number of hydrogen-bond donors (Lipinski definition) is 0. The predicted octanol–water partition coefficient (Wildman–Crippen LogP) is 3.38. The Morgan fingerprint density at radius 1 is 1.32 bits per heavy atom. The Hall–Kier alpha value is -1.66. The molecule has 0 saturated carbocycles. The number of hydrogen-bond acceptors (Lipinski definition) is 4. The van der Waals surface area contributed by atoms with Crippen molar-refractivity contribution < 1.29 is 13.9 Å². The molecule has 1 unspecified atom stereocenters. The van der Waals surface area contributed by atoms with Gasteiger partial charge >= 0.3 is 0 Å².